The van der Waals surface area contributed by atoms with Crippen LogP contribution in [-0.2, 0) is 23.9 Å². The van der Waals surface area contributed by atoms with Crippen molar-refractivity contribution in [3.05, 3.63) is 11.8 Å². The van der Waals surface area contributed by atoms with Gasteiger partial charge in [-0.3, -0.25) is 14.4 Å². The van der Waals surface area contributed by atoms with E-state index in [9.17, 15) is 42.9 Å². The predicted octanol–water partition coefficient (Wildman–Crippen LogP) is -2.23. The fourth-order valence-corrected chi connectivity index (χ4v) is 3.42. The lowest BCUT2D eigenvalue weighted by molar-refractivity contribution is -0.192. The van der Waals surface area contributed by atoms with Crippen molar-refractivity contribution >= 4 is 23.8 Å². The summed E-state index contributed by atoms with van der Waals surface area (Å²) in [5, 5.41) is 48.0. The van der Waals surface area contributed by atoms with E-state index in [0.29, 0.717) is 19.4 Å². The molecule has 8 N–H and O–H groups in total. The minimum Gasteiger partial charge on any atom is -0.481 e. The van der Waals surface area contributed by atoms with E-state index < -0.39 is 72.8 Å². The third-order valence-corrected chi connectivity index (χ3v) is 5.17. The molecule has 16 heteroatoms. The molecule has 1 unspecified atom stereocenters. The van der Waals surface area contributed by atoms with Gasteiger partial charge in [0.25, 0.3) is 5.91 Å². The number of piperidine rings is 1. The number of carbonyl (C=O) groups is 4. The van der Waals surface area contributed by atoms with Gasteiger partial charge in [0.1, 0.15) is 18.3 Å². The first kappa shape index (κ1) is 30.1. The molecule has 1 fully saturated rings. The number of alkyl halides is 3. The van der Waals surface area contributed by atoms with Crippen LogP contribution in [-0.4, -0.2) is 110 Å². The number of aliphatic carboxylic acids is 2. The highest BCUT2D eigenvalue weighted by molar-refractivity contribution is 5.92. The largest absolute Gasteiger partial charge is 0.490 e. The zero-order chi connectivity index (χ0) is 27.1. The van der Waals surface area contributed by atoms with E-state index in [1.165, 1.54) is 17.9 Å². The van der Waals surface area contributed by atoms with Crippen LogP contribution >= 0.6 is 0 Å². The SMILES string of the molecule is CC(=O)N[C@H]1[C@H]([C@H](O)[C@H](O)CO)OC(C(=O)N2CCCC(C(=O)O)C2)=C[C@@H]1N.O=C(O)C(F)(F)F. The van der Waals surface area contributed by atoms with Crippen LogP contribution in [0, 0.1) is 5.92 Å². The van der Waals surface area contributed by atoms with E-state index >= 15 is 0 Å². The molecule has 6 atom stereocenters. The molecule has 2 aliphatic rings. The molecule has 13 nitrogen and oxygen atoms in total. The highest BCUT2D eigenvalue weighted by Crippen LogP contribution is 2.25. The Kier molecular flexibility index (Phi) is 10.9. The summed E-state index contributed by atoms with van der Waals surface area (Å²) >= 11 is 0. The topological polar surface area (TPSA) is 220 Å². The van der Waals surface area contributed by atoms with Gasteiger partial charge in [-0.15, -0.1) is 0 Å². The smallest absolute Gasteiger partial charge is 0.481 e. The number of carboxylic acid groups (broad SMARTS) is 2. The second-order valence-electron chi connectivity index (χ2n) is 7.89. The second-order valence-corrected chi connectivity index (χ2v) is 7.89. The van der Waals surface area contributed by atoms with Gasteiger partial charge in [-0.05, 0) is 18.9 Å². The van der Waals surface area contributed by atoms with E-state index in [-0.39, 0.29) is 12.3 Å². The molecule has 0 spiro atoms. The standard InChI is InChI=1S/C17H27N3O8.C2HF3O2/c1-8(22)19-13-10(18)5-12(28-15(13)14(24)11(23)7-21)16(25)20-4-2-3-9(6-20)17(26)27;3-2(4,5)1(6)7/h5,9-11,13-15,21,23-24H,2-4,6-7,18H2,1H3,(H,19,22)(H,26,27);(H,6,7)/t9?,10-,11+,13+,14+,15+;/m0./s1. The maximum absolute atomic E-state index is 12.8. The lowest BCUT2D eigenvalue weighted by atomic mass is 9.92. The number of carbonyl (C=O) groups excluding carboxylic acids is 2. The number of likely N-dealkylation sites (tertiary alicyclic amines) is 1. The van der Waals surface area contributed by atoms with Crippen molar-refractivity contribution in [1.29, 1.82) is 0 Å². The van der Waals surface area contributed by atoms with E-state index in [2.05, 4.69) is 5.32 Å². The molecule has 2 aliphatic heterocycles. The fourth-order valence-electron chi connectivity index (χ4n) is 3.42. The van der Waals surface area contributed by atoms with E-state index in [4.69, 9.17) is 25.5 Å². The van der Waals surface area contributed by atoms with Crippen LogP contribution in [0.25, 0.3) is 0 Å². The Balaban J connectivity index is 0.000000762. The minimum absolute atomic E-state index is 0.0196. The average Bonchev–Trinajstić information content (AvgIpc) is 2.78. The number of ether oxygens (including phenoxy) is 1. The van der Waals surface area contributed by atoms with Gasteiger partial charge in [-0.25, -0.2) is 4.79 Å². The quantitative estimate of drug-likeness (QED) is 0.201. The Labute approximate surface area is 196 Å². The number of aliphatic hydroxyl groups excluding tert-OH is 3. The van der Waals surface area contributed by atoms with Gasteiger partial charge in [0.05, 0.1) is 24.6 Å². The first-order valence-electron chi connectivity index (χ1n) is 10.3. The summed E-state index contributed by atoms with van der Waals surface area (Å²) in [6.45, 7) is 0.844. The minimum atomic E-state index is -5.08. The molecule has 2 heterocycles. The first-order chi connectivity index (χ1) is 16.1. The van der Waals surface area contributed by atoms with Gasteiger partial charge < -0.3 is 46.2 Å². The summed E-state index contributed by atoms with van der Waals surface area (Å²) < 4.78 is 37.3. The number of hydrogen-bond acceptors (Lipinski definition) is 9. The molecule has 0 aliphatic carbocycles. The number of carboxylic acids is 2. The number of rotatable bonds is 6. The molecular weight excluding hydrogens is 487 g/mol. The van der Waals surface area contributed by atoms with E-state index in [1.807, 2.05) is 0 Å². The molecule has 0 bridgehead atoms. The summed E-state index contributed by atoms with van der Waals surface area (Å²) in [5.41, 5.74) is 6.04. The van der Waals surface area contributed by atoms with E-state index in [1.54, 1.807) is 0 Å². The number of nitrogens with one attached hydrogen (secondary N) is 1. The number of nitrogens with two attached hydrogens (primary N) is 1. The van der Waals surface area contributed by atoms with Gasteiger partial charge in [-0.1, -0.05) is 0 Å². The normalized spacial score (nSPS) is 26.2. The monoisotopic (exact) mass is 515 g/mol. The summed E-state index contributed by atoms with van der Waals surface area (Å²) in [4.78, 5) is 45.7. The average molecular weight is 515 g/mol. The molecule has 0 radical (unpaired) electrons. The summed E-state index contributed by atoms with van der Waals surface area (Å²) in [5.74, 6) is -5.67. The van der Waals surface area contributed by atoms with Crippen LogP contribution in [0.4, 0.5) is 13.2 Å². The molecule has 0 saturated carbocycles. The van der Waals surface area contributed by atoms with Crippen LogP contribution in [0.3, 0.4) is 0 Å². The third-order valence-electron chi connectivity index (χ3n) is 5.17. The zero-order valence-electron chi connectivity index (χ0n) is 18.5. The van der Waals surface area contributed by atoms with Crippen molar-refractivity contribution in [1.82, 2.24) is 10.2 Å². The van der Waals surface area contributed by atoms with Crippen molar-refractivity contribution in [3.63, 3.8) is 0 Å². The zero-order valence-corrected chi connectivity index (χ0v) is 18.5. The van der Waals surface area contributed by atoms with Crippen LogP contribution in [0.1, 0.15) is 19.8 Å². The van der Waals surface area contributed by atoms with Crippen molar-refractivity contribution in [2.75, 3.05) is 19.7 Å². The van der Waals surface area contributed by atoms with Crippen molar-refractivity contribution < 1.29 is 62.6 Å². The van der Waals surface area contributed by atoms with E-state index in [0.717, 1.165) is 0 Å². The summed E-state index contributed by atoms with van der Waals surface area (Å²) in [6, 6.07) is -1.86. The summed E-state index contributed by atoms with van der Waals surface area (Å²) in [6.07, 6.45) is -7.29. The van der Waals surface area contributed by atoms with Crippen molar-refractivity contribution in [2.45, 2.75) is 56.3 Å². The van der Waals surface area contributed by atoms with Crippen LogP contribution < -0.4 is 11.1 Å². The molecular formula is C19H28F3N3O10. The van der Waals surface area contributed by atoms with Crippen molar-refractivity contribution in [3.8, 4) is 0 Å². The Hall–Kier alpha value is -2.95. The predicted molar refractivity (Wildman–Crippen MR) is 108 cm³/mol. The highest BCUT2D eigenvalue weighted by atomic mass is 19.4. The molecule has 0 aromatic heterocycles. The highest BCUT2D eigenvalue weighted by Gasteiger charge is 2.43. The Morgan fingerprint density at radius 1 is 1.26 bits per heavy atom. The Morgan fingerprint density at radius 2 is 1.83 bits per heavy atom. The van der Waals surface area contributed by atoms with Gasteiger partial charge in [-0.2, -0.15) is 13.2 Å². The van der Waals surface area contributed by atoms with Crippen LogP contribution in [0.5, 0.6) is 0 Å². The van der Waals surface area contributed by atoms with Gasteiger partial charge in [0.2, 0.25) is 5.91 Å². The number of nitrogens with zero attached hydrogens (tertiary/aromatic N) is 1. The molecule has 2 amide bonds. The van der Waals surface area contributed by atoms with Crippen molar-refractivity contribution in [2.24, 2.45) is 11.7 Å². The number of aliphatic hydroxyl groups is 3. The van der Waals surface area contributed by atoms with Crippen LogP contribution in [0.15, 0.2) is 11.8 Å². The Morgan fingerprint density at radius 3 is 2.29 bits per heavy atom. The van der Waals surface area contributed by atoms with Gasteiger partial charge in [0.15, 0.2) is 5.76 Å². The number of hydrogen-bond donors (Lipinski definition) is 7. The third kappa shape index (κ3) is 8.65. The molecule has 0 aromatic carbocycles. The molecule has 1 saturated heterocycles. The van der Waals surface area contributed by atoms with Gasteiger partial charge in [0, 0.05) is 20.0 Å². The second kappa shape index (κ2) is 12.7. The molecule has 2 rings (SSSR count). The molecule has 200 valence electrons. The lowest BCUT2D eigenvalue weighted by Gasteiger charge is -2.40. The molecule has 35 heavy (non-hydrogen) atoms. The Bertz CT molecular complexity index is 822. The van der Waals surface area contributed by atoms with Crippen LogP contribution in [0.2, 0.25) is 0 Å². The summed E-state index contributed by atoms with van der Waals surface area (Å²) in [7, 11) is 0. The van der Waals surface area contributed by atoms with Gasteiger partial charge >= 0.3 is 18.1 Å². The number of amides is 2. The maximum Gasteiger partial charge on any atom is 0.490 e. The lowest BCUT2D eigenvalue weighted by Crippen LogP contribution is -2.62. The molecule has 0 aromatic rings. The first-order valence-corrected chi connectivity index (χ1v) is 10.3. The number of halogens is 3. The fraction of sp³-hybridized carbons (Fsp3) is 0.684. The maximum atomic E-state index is 12.8.